The minimum Gasteiger partial charge on any atom is -0.379 e. The first-order valence-corrected chi connectivity index (χ1v) is 8.89. The molecule has 132 valence electrons. The van der Waals surface area contributed by atoms with Gasteiger partial charge in [-0.25, -0.2) is 0 Å². The number of hydrogen-bond acceptors (Lipinski definition) is 4. The van der Waals surface area contributed by atoms with Crippen LogP contribution in [0.15, 0.2) is 16.6 Å². The van der Waals surface area contributed by atoms with Gasteiger partial charge in [0.2, 0.25) is 0 Å². The van der Waals surface area contributed by atoms with Crippen molar-refractivity contribution >= 4 is 5.96 Å². The summed E-state index contributed by atoms with van der Waals surface area (Å²) >= 11 is 0. The zero-order valence-corrected chi connectivity index (χ0v) is 14.6. The molecule has 0 aromatic heterocycles. The molecule has 0 radical (unpaired) electrons. The highest BCUT2D eigenvalue weighted by Crippen LogP contribution is 2.10. The standard InChI is InChI=1S/C17H32N4O2/c1-3-18-17(19-7-4-16-5-10-22-11-6-16)20-14-15(2)21-8-12-23-13-9-21/h5,15H,3-4,6-14H2,1-2H3,(H2,18,19,20). The Morgan fingerprint density at radius 3 is 2.78 bits per heavy atom. The second-order valence-corrected chi connectivity index (χ2v) is 6.08. The quantitative estimate of drug-likeness (QED) is 0.416. The minimum absolute atomic E-state index is 0.451. The van der Waals surface area contributed by atoms with E-state index < -0.39 is 0 Å². The summed E-state index contributed by atoms with van der Waals surface area (Å²) in [5, 5.41) is 6.77. The summed E-state index contributed by atoms with van der Waals surface area (Å²) in [6.07, 6.45) is 4.33. The van der Waals surface area contributed by atoms with Crippen LogP contribution in [-0.4, -0.2) is 76.1 Å². The van der Waals surface area contributed by atoms with E-state index >= 15 is 0 Å². The molecule has 0 aromatic rings. The number of nitrogens with one attached hydrogen (secondary N) is 2. The summed E-state index contributed by atoms with van der Waals surface area (Å²) in [5.74, 6) is 0.917. The van der Waals surface area contributed by atoms with Gasteiger partial charge in [-0.15, -0.1) is 0 Å². The molecule has 0 aliphatic carbocycles. The third kappa shape index (κ3) is 6.89. The average molecular weight is 324 g/mol. The smallest absolute Gasteiger partial charge is 0.191 e. The highest BCUT2D eigenvalue weighted by Gasteiger charge is 2.16. The molecule has 2 aliphatic heterocycles. The largest absolute Gasteiger partial charge is 0.379 e. The number of ether oxygens (including phenoxy) is 2. The van der Waals surface area contributed by atoms with Crippen molar-refractivity contribution in [3.8, 4) is 0 Å². The van der Waals surface area contributed by atoms with Gasteiger partial charge in [0, 0.05) is 32.2 Å². The van der Waals surface area contributed by atoms with E-state index in [1.807, 2.05) is 0 Å². The van der Waals surface area contributed by atoms with E-state index in [9.17, 15) is 0 Å². The van der Waals surface area contributed by atoms with Gasteiger partial charge in [0.15, 0.2) is 5.96 Å². The van der Waals surface area contributed by atoms with Gasteiger partial charge in [0.1, 0.15) is 0 Å². The molecule has 2 heterocycles. The Balaban J connectivity index is 1.73. The zero-order valence-electron chi connectivity index (χ0n) is 14.6. The van der Waals surface area contributed by atoms with Gasteiger partial charge >= 0.3 is 0 Å². The maximum absolute atomic E-state index is 5.41. The van der Waals surface area contributed by atoms with Crippen LogP contribution < -0.4 is 10.6 Å². The number of aliphatic imine (C=N–C) groups is 1. The Hall–Kier alpha value is -1.11. The molecule has 0 aromatic carbocycles. The molecule has 0 bridgehead atoms. The number of hydrogen-bond donors (Lipinski definition) is 2. The van der Waals surface area contributed by atoms with Crippen molar-refractivity contribution in [3.05, 3.63) is 11.6 Å². The lowest BCUT2D eigenvalue weighted by Gasteiger charge is -2.31. The molecule has 23 heavy (non-hydrogen) atoms. The van der Waals surface area contributed by atoms with Crippen molar-refractivity contribution in [1.29, 1.82) is 0 Å². The van der Waals surface area contributed by atoms with Crippen LogP contribution in [0.1, 0.15) is 26.7 Å². The van der Waals surface area contributed by atoms with Gasteiger partial charge in [0.25, 0.3) is 0 Å². The van der Waals surface area contributed by atoms with E-state index in [-0.39, 0.29) is 0 Å². The Morgan fingerprint density at radius 2 is 2.09 bits per heavy atom. The number of rotatable bonds is 7. The Kier molecular flexibility index (Phi) is 8.42. The van der Waals surface area contributed by atoms with Crippen molar-refractivity contribution in [2.75, 3.05) is 59.2 Å². The first-order chi connectivity index (χ1) is 11.3. The van der Waals surface area contributed by atoms with Crippen LogP contribution in [0.5, 0.6) is 0 Å². The predicted octanol–water partition coefficient (Wildman–Crippen LogP) is 0.999. The SMILES string of the molecule is CCNC(=NCC(C)N1CCOCC1)NCCC1=CCOCC1. The van der Waals surface area contributed by atoms with Gasteiger partial charge in [0.05, 0.1) is 33.0 Å². The fourth-order valence-electron chi connectivity index (χ4n) is 2.83. The summed E-state index contributed by atoms with van der Waals surface area (Å²) < 4.78 is 10.8. The monoisotopic (exact) mass is 324 g/mol. The fourth-order valence-corrected chi connectivity index (χ4v) is 2.83. The molecule has 1 atom stereocenters. The van der Waals surface area contributed by atoms with Crippen LogP contribution in [0.3, 0.4) is 0 Å². The van der Waals surface area contributed by atoms with E-state index in [1.54, 1.807) is 0 Å². The molecule has 2 N–H and O–H groups in total. The van der Waals surface area contributed by atoms with Crippen LogP contribution in [0.4, 0.5) is 0 Å². The number of morpholine rings is 1. The molecule has 0 saturated carbocycles. The number of guanidine groups is 1. The van der Waals surface area contributed by atoms with E-state index in [2.05, 4.69) is 35.5 Å². The summed E-state index contributed by atoms with van der Waals surface area (Å²) in [4.78, 5) is 7.19. The lowest BCUT2D eigenvalue weighted by atomic mass is 10.1. The van der Waals surface area contributed by atoms with Crippen molar-refractivity contribution in [1.82, 2.24) is 15.5 Å². The summed E-state index contributed by atoms with van der Waals surface area (Å²) in [6.45, 7) is 12.3. The molecule has 1 unspecified atom stereocenters. The van der Waals surface area contributed by atoms with Crippen molar-refractivity contribution in [2.45, 2.75) is 32.7 Å². The molecular formula is C17H32N4O2. The first kappa shape index (κ1) is 18.2. The van der Waals surface area contributed by atoms with Crippen LogP contribution in [0.25, 0.3) is 0 Å². The molecule has 0 spiro atoms. The van der Waals surface area contributed by atoms with Crippen LogP contribution in [-0.2, 0) is 9.47 Å². The van der Waals surface area contributed by atoms with Gasteiger partial charge in [-0.3, -0.25) is 9.89 Å². The van der Waals surface area contributed by atoms with Crippen LogP contribution in [0, 0.1) is 0 Å². The van der Waals surface area contributed by atoms with Crippen molar-refractivity contribution in [2.24, 2.45) is 4.99 Å². The second kappa shape index (κ2) is 10.6. The lowest BCUT2D eigenvalue weighted by Crippen LogP contribution is -2.44. The van der Waals surface area contributed by atoms with Crippen molar-refractivity contribution in [3.63, 3.8) is 0 Å². The molecule has 6 heteroatoms. The van der Waals surface area contributed by atoms with Crippen LogP contribution >= 0.6 is 0 Å². The van der Waals surface area contributed by atoms with Gasteiger partial charge in [-0.1, -0.05) is 11.6 Å². The normalized spacial score (nSPS) is 21.7. The molecule has 2 rings (SSSR count). The van der Waals surface area contributed by atoms with E-state index in [1.165, 1.54) is 5.57 Å². The molecule has 1 saturated heterocycles. The number of nitrogens with zero attached hydrogens (tertiary/aromatic N) is 2. The minimum atomic E-state index is 0.451. The topological polar surface area (TPSA) is 58.1 Å². The molecule has 6 nitrogen and oxygen atoms in total. The highest BCUT2D eigenvalue weighted by atomic mass is 16.5. The predicted molar refractivity (Wildman–Crippen MR) is 94.0 cm³/mol. The van der Waals surface area contributed by atoms with E-state index in [4.69, 9.17) is 14.5 Å². The summed E-state index contributed by atoms with van der Waals surface area (Å²) in [5.41, 5.74) is 1.49. The summed E-state index contributed by atoms with van der Waals surface area (Å²) in [6, 6.07) is 0.451. The fraction of sp³-hybridized carbons (Fsp3) is 0.824. The maximum atomic E-state index is 5.41. The molecule has 0 amide bonds. The van der Waals surface area contributed by atoms with Crippen LogP contribution in [0.2, 0.25) is 0 Å². The third-order valence-electron chi connectivity index (χ3n) is 4.32. The second-order valence-electron chi connectivity index (χ2n) is 6.08. The highest BCUT2D eigenvalue weighted by molar-refractivity contribution is 5.79. The third-order valence-corrected chi connectivity index (χ3v) is 4.32. The van der Waals surface area contributed by atoms with Crippen molar-refractivity contribution < 1.29 is 9.47 Å². The van der Waals surface area contributed by atoms with Gasteiger partial charge in [-0.2, -0.15) is 0 Å². The van der Waals surface area contributed by atoms with E-state index in [0.29, 0.717) is 6.04 Å². The molecular weight excluding hydrogens is 292 g/mol. The molecule has 2 aliphatic rings. The maximum Gasteiger partial charge on any atom is 0.191 e. The Bertz CT molecular complexity index is 392. The average Bonchev–Trinajstić information content (AvgIpc) is 2.61. The zero-order chi connectivity index (χ0) is 16.3. The van der Waals surface area contributed by atoms with E-state index in [0.717, 1.165) is 78.0 Å². The van der Waals surface area contributed by atoms with Gasteiger partial charge in [-0.05, 0) is 26.7 Å². The Labute approximate surface area is 140 Å². The first-order valence-electron chi connectivity index (χ1n) is 8.89. The Morgan fingerprint density at radius 1 is 1.26 bits per heavy atom. The van der Waals surface area contributed by atoms with Gasteiger partial charge < -0.3 is 20.1 Å². The summed E-state index contributed by atoms with van der Waals surface area (Å²) in [7, 11) is 0. The molecule has 1 fully saturated rings. The lowest BCUT2D eigenvalue weighted by molar-refractivity contribution is 0.0220.